The van der Waals surface area contributed by atoms with Crippen LogP contribution in [0.2, 0.25) is 5.02 Å². The highest BCUT2D eigenvalue weighted by Gasteiger charge is 2.25. The Morgan fingerprint density at radius 3 is 2.64 bits per heavy atom. The Morgan fingerprint density at radius 1 is 1.32 bits per heavy atom. The summed E-state index contributed by atoms with van der Waals surface area (Å²) in [6.07, 6.45) is 4.35. The first-order valence-electron chi connectivity index (χ1n) is 7.68. The van der Waals surface area contributed by atoms with E-state index in [9.17, 15) is 13.2 Å². The number of hydrogen-bond acceptors (Lipinski definition) is 3. The molecule has 1 N–H and O–H groups in total. The zero-order chi connectivity index (χ0) is 16.3. The molecule has 0 aromatic heterocycles. The zero-order valence-electron chi connectivity index (χ0n) is 12.9. The lowest BCUT2D eigenvalue weighted by molar-refractivity contribution is 0.0910. The van der Waals surface area contributed by atoms with Gasteiger partial charge in [-0.25, -0.2) is 8.42 Å². The molecule has 122 valence electrons. The van der Waals surface area contributed by atoms with Gasteiger partial charge in [0.2, 0.25) is 0 Å². The van der Waals surface area contributed by atoms with Crippen molar-refractivity contribution in [3.8, 4) is 0 Å². The van der Waals surface area contributed by atoms with Gasteiger partial charge in [0, 0.05) is 6.04 Å². The van der Waals surface area contributed by atoms with Crippen LogP contribution in [0.1, 0.15) is 49.9 Å². The van der Waals surface area contributed by atoms with Gasteiger partial charge in [0.05, 0.1) is 21.2 Å². The van der Waals surface area contributed by atoms with Gasteiger partial charge in [0.15, 0.2) is 9.84 Å². The minimum atomic E-state index is -3.35. The van der Waals surface area contributed by atoms with Crippen LogP contribution in [0, 0.1) is 5.92 Å². The van der Waals surface area contributed by atoms with Crippen LogP contribution < -0.4 is 5.32 Å². The van der Waals surface area contributed by atoms with Crippen molar-refractivity contribution in [3.05, 3.63) is 28.8 Å². The highest BCUT2D eigenvalue weighted by atomic mass is 35.5. The van der Waals surface area contributed by atoms with Gasteiger partial charge >= 0.3 is 0 Å². The minimum absolute atomic E-state index is 0.00461. The van der Waals surface area contributed by atoms with Crippen molar-refractivity contribution in [1.82, 2.24) is 5.32 Å². The molecule has 1 fully saturated rings. The van der Waals surface area contributed by atoms with E-state index in [1.807, 2.05) is 0 Å². The fraction of sp³-hybridized carbons (Fsp3) is 0.562. The third-order valence-corrected chi connectivity index (χ3v) is 6.41. The second kappa shape index (κ2) is 7.01. The molecule has 1 aliphatic rings. The molecular formula is C16H22ClNO3S. The first-order chi connectivity index (χ1) is 10.3. The molecule has 22 heavy (non-hydrogen) atoms. The Hall–Kier alpha value is -1.07. The number of carbonyl (C=O) groups excluding carboxylic acids is 1. The number of amides is 1. The average molecular weight is 344 g/mol. The SMILES string of the molecule is CCS(=O)(=O)c1ccc(Cl)c(C(=O)N[C@H]2CCCC[C@H]2C)c1. The summed E-state index contributed by atoms with van der Waals surface area (Å²) < 4.78 is 23.9. The molecule has 6 heteroatoms. The van der Waals surface area contributed by atoms with Gasteiger partial charge in [0.1, 0.15) is 0 Å². The van der Waals surface area contributed by atoms with Crippen molar-refractivity contribution in [2.45, 2.75) is 50.5 Å². The summed E-state index contributed by atoms with van der Waals surface area (Å²) >= 11 is 6.08. The summed E-state index contributed by atoms with van der Waals surface area (Å²) in [5.41, 5.74) is 0.231. The van der Waals surface area contributed by atoms with Crippen molar-refractivity contribution in [2.75, 3.05) is 5.75 Å². The monoisotopic (exact) mass is 343 g/mol. The molecule has 1 aromatic rings. The average Bonchev–Trinajstić information content (AvgIpc) is 2.49. The number of benzene rings is 1. The Bertz CT molecular complexity index is 657. The molecule has 0 saturated heterocycles. The first kappa shape index (κ1) is 17.3. The lowest BCUT2D eigenvalue weighted by Gasteiger charge is -2.29. The number of carbonyl (C=O) groups is 1. The smallest absolute Gasteiger partial charge is 0.253 e. The summed E-state index contributed by atoms with van der Waals surface area (Å²) in [6, 6.07) is 4.43. The molecule has 1 saturated carbocycles. The summed E-state index contributed by atoms with van der Waals surface area (Å²) in [4.78, 5) is 12.6. The number of sulfone groups is 1. The Balaban J connectivity index is 2.23. The van der Waals surface area contributed by atoms with E-state index in [4.69, 9.17) is 11.6 Å². The summed E-state index contributed by atoms with van der Waals surface area (Å²) in [5, 5.41) is 3.28. The molecular weight excluding hydrogens is 322 g/mol. The highest BCUT2D eigenvalue weighted by Crippen LogP contribution is 2.26. The van der Waals surface area contributed by atoms with Crippen molar-refractivity contribution in [3.63, 3.8) is 0 Å². The summed E-state index contributed by atoms with van der Waals surface area (Å²) in [6.45, 7) is 3.71. The quantitative estimate of drug-likeness (QED) is 0.910. The molecule has 4 nitrogen and oxygen atoms in total. The van der Waals surface area contributed by atoms with Crippen molar-refractivity contribution >= 4 is 27.3 Å². The van der Waals surface area contributed by atoms with Crippen molar-refractivity contribution in [1.29, 1.82) is 0 Å². The van der Waals surface area contributed by atoms with E-state index in [1.165, 1.54) is 24.6 Å². The zero-order valence-corrected chi connectivity index (χ0v) is 14.5. The van der Waals surface area contributed by atoms with Crippen LogP contribution in [0.4, 0.5) is 0 Å². The van der Waals surface area contributed by atoms with Gasteiger partial charge in [-0.05, 0) is 37.0 Å². The van der Waals surface area contributed by atoms with Crippen LogP contribution in [0.25, 0.3) is 0 Å². The van der Waals surface area contributed by atoms with E-state index in [-0.39, 0.29) is 33.2 Å². The molecule has 2 rings (SSSR count). The van der Waals surface area contributed by atoms with E-state index in [0.717, 1.165) is 19.3 Å². The third-order valence-electron chi connectivity index (χ3n) is 4.35. The van der Waals surface area contributed by atoms with Gasteiger partial charge in [-0.15, -0.1) is 0 Å². The van der Waals surface area contributed by atoms with Crippen molar-refractivity contribution in [2.24, 2.45) is 5.92 Å². The fourth-order valence-corrected chi connectivity index (χ4v) is 3.92. The molecule has 0 aliphatic heterocycles. The molecule has 1 aromatic carbocycles. The molecule has 0 spiro atoms. The normalized spacial score (nSPS) is 22.3. The molecule has 2 atom stereocenters. The second-order valence-electron chi connectivity index (χ2n) is 5.89. The van der Waals surface area contributed by atoms with E-state index in [1.54, 1.807) is 6.92 Å². The number of rotatable bonds is 4. The Morgan fingerprint density at radius 2 is 2.00 bits per heavy atom. The van der Waals surface area contributed by atoms with E-state index < -0.39 is 9.84 Å². The molecule has 0 unspecified atom stereocenters. The molecule has 1 amide bonds. The Kier molecular flexibility index (Phi) is 5.50. The molecule has 0 radical (unpaired) electrons. The predicted molar refractivity (Wildman–Crippen MR) is 88.1 cm³/mol. The highest BCUT2D eigenvalue weighted by molar-refractivity contribution is 7.91. The summed E-state index contributed by atoms with van der Waals surface area (Å²) in [5.74, 6) is 0.131. The van der Waals surface area contributed by atoms with Crippen LogP contribution >= 0.6 is 11.6 Å². The number of halogens is 1. The van der Waals surface area contributed by atoms with Gasteiger partial charge in [-0.1, -0.05) is 38.3 Å². The van der Waals surface area contributed by atoms with Gasteiger partial charge in [0.25, 0.3) is 5.91 Å². The third kappa shape index (κ3) is 3.82. The van der Waals surface area contributed by atoms with E-state index in [2.05, 4.69) is 12.2 Å². The van der Waals surface area contributed by atoms with E-state index in [0.29, 0.717) is 5.92 Å². The maximum atomic E-state index is 12.5. The minimum Gasteiger partial charge on any atom is -0.349 e. The standard InChI is InChI=1S/C16H22ClNO3S/c1-3-22(20,21)12-8-9-14(17)13(10-12)16(19)18-15-7-5-4-6-11(15)2/h8-11,15H,3-7H2,1-2H3,(H,18,19)/t11-,15+/m1/s1. The van der Waals surface area contributed by atoms with Crippen molar-refractivity contribution < 1.29 is 13.2 Å². The fourth-order valence-electron chi connectivity index (χ4n) is 2.82. The van der Waals surface area contributed by atoms with Gasteiger partial charge in [-0.3, -0.25) is 4.79 Å². The van der Waals surface area contributed by atoms with Crippen LogP contribution in [-0.2, 0) is 9.84 Å². The second-order valence-corrected chi connectivity index (χ2v) is 8.57. The summed E-state index contributed by atoms with van der Waals surface area (Å²) in [7, 11) is -3.35. The van der Waals surface area contributed by atoms with E-state index >= 15 is 0 Å². The first-order valence-corrected chi connectivity index (χ1v) is 9.71. The van der Waals surface area contributed by atoms with Gasteiger partial charge in [-0.2, -0.15) is 0 Å². The predicted octanol–water partition coefficient (Wildman–Crippen LogP) is 3.44. The Labute approximate surface area is 137 Å². The molecule has 0 bridgehead atoms. The maximum absolute atomic E-state index is 12.5. The largest absolute Gasteiger partial charge is 0.349 e. The lowest BCUT2D eigenvalue weighted by atomic mass is 9.86. The number of nitrogens with one attached hydrogen (secondary N) is 1. The van der Waals surface area contributed by atoms with Crippen LogP contribution in [0.5, 0.6) is 0 Å². The maximum Gasteiger partial charge on any atom is 0.253 e. The van der Waals surface area contributed by atoms with Crippen LogP contribution in [0.15, 0.2) is 23.1 Å². The number of hydrogen-bond donors (Lipinski definition) is 1. The van der Waals surface area contributed by atoms with Gasteiger partial charge < -0.3 is 5.32 Å². The van der Waals surface area contributed by atoms with Crippen LogP contribution in [0.3, 0.4) is 0 Å². The van der Waals surface area contributed by atoms with Crippen LogP contribution in [-0.4, -0.2) is 26.1 Å². The molecule has 0 heterocycles. The molecule has 1 aliphatic carbocycles. The lowest BCUT2D eigenvalue weighted by Crippen LogP contribution is -2.41. The topological polar surface area (TPSA) is 63.2 Å².